The van der Waals surface area contributed by atoms with Crippen molar-refractivity contribution in [3.63, 3.8) is 0 Å². The number of hydrogen-bond acceptors (Lipinski definition) is 7. The van der Waals surface area contributed by atoms with Crippen LogP contribution in [0.4, 0.5) is 5.95 Å². The topological polar surface area (TPSA) is 134 Å². The van der Waals surface area contributed by atoms with E-state index in [-0.39, 0.29) is 12.4 Å². The third-order valence-corrected chi connectivity index (χ3v) is 5.86. The fourth-order valence-corrected chi connectivity index (χ4v) is 3.97. The van der Waals surface area contributed by atoms with E-state index in [0.717, 1.165) is 22.2 Å². The standard InChI is InChI=1S/C21H20N5O3.C7H6O2.Li/c1-25-20(27)10-8-16(24-25)15-11-14(7-9-19(15)29-13-28-2)12-26-18-6-4-3-5-17(18)23-21(26)22;8-7(9)6-4-2-1-3-5-6;/h3-11H,1,12-13H2,2H3,(H2,22,23);1-5H,(H,8,9);. The minimum absolute atomic E-state index is 0.110. The second-order valence-electron chi connectivity index (χ2n) is 8.47. The molecule has 0 aliphatic heterocycles. The number of para-hydroxylation sites is 2. The number of nitrogens with zero attached hydrogens (tertiary/aromatic N) is 4. The molecule has 2 aromatic heterocycles. The Bertz CT molecular complexity index is 1640. The Kier molecular flexibility index (Phi) is 9.17. The molecule has 0 amide bonds. The zero-order chi connectivity index (χ0) is 27.8. The molecule has 0 spiro atoms. The molecule has 0 aliphatic rings. The van der Waals surface area contributed by atoms with Crippen molar-refractivity contribution in [2.45, 2.75) is 11.8 Å². The summed E-state index contributed by atoms with van der Waals surface area (Å²) < 4.78 is 14.2. The summed E-state index contributed by atoms with van der Waals surface area (Å²) in [5.74, 6) is 0.198. The Morgan fingerprint density at radius 1 is 1.03 bits per heavy atom. The number of nitrogens with two attached hydrogens (primary N) is 1. The van der Waals surface area contributed by atoms with Gasteiger partial charge >= 0.3 is 182 Å². The number of ether oxygens (including phenoxy) is 2. The molecule has 11 heteroatoms. The van der Waals surface area contributed by atoms with Gasteiger partial charge < -0.3 is 5.11 Å². The average molecular weight is 519 g/mol. The molecular formula is C28H26LiN5O5. The number of fused-ring (bicyclic) bond motifs is 1. The Labute approximate surface area is 233 Å². The van der Waals surface area contributed by atoms with Crippen LogP contribution < -0.4 is 16.0 Å². The van der Waals surface area contributed by atoms with Gasteiger partial charge in [0.1, 0.15) is 0 Å². The van der Waals surface area contributed by atoms with Crippen molar-refractivity contribution in [3.8, 4) is 17.0 Å². The van der Waals surface area contributed by atoms with Crippen LogP contribution in [0, 0.1) is 0 Å². The van der Waals surface area contributed by atoms with Gasteiger partial charge in [0.2, 0.25) is 0 Å². The molecular weight excluding hydrogens is 493 g/mol. The number of carboxylic acid groups (broad SMARTS) is 1. The summed E-state index contributed by atoms with van der Waals surface area (Å²) in [4.78, 5) is 26.6. The summed E-state index contributed by atoms with van der Waals surface area (Å²) in [6.07, 6.45) is 0. The fraction of sp³-hybridized carbons (Fsp3) is 0.143. The van der Waals surface area contributed by atoms with E-state index in [0.29, 0.717) is 34.7 Å². The van der Waals surface area contributed by atoms with Gasteiger partial charge in [0.15, 0.2) is 0 Å². The van der Waals surface area contributed by atoms with Gasteiger partial charge in [0.25, 0.3) is 0 Å². The molecule has 0 fully saturated rings. The maximum absolute atomic E-state index is 12.0. The molecule has 0 saturated heterocycles. The SMILES string of the molecule is O=C(O)c1ccccc1.[Li][CH2]n1nc(-c2cc(Cn3c(N)nc4ccccc43)ccc2OCOC)ccc1=O. The van der Waals surface area contributed by atoms with Crippen LogP contribution >= 0.6 is 0 Å². The molecule has 3 aromatic carbocycles. The fourth-order valence-electron chi connectivity index (χ4n) is 3.97. The van der Waals surface area contributed by atoms with E-state index >= 15 is 0 Å². The Balaban J connectivity index is 0.000000333. The van der Waals surface area contributed by atoms with E-state index in [4.69, 9.17) is 20.3 Å². The number of benzene rings is 3. The van der Waals surface area contributed by atoms with Crippen molar-refractivity contribution in [3.05, 3.63) is 106 Å². The minimum atomic E-state index is -0.879. The molecule has 39 heavy (non-hydrogen) atoms. The van der Waals surface area contributed by atoms with Gasteiger partial charge in [0, 0.05) is 0 Å². The zero-order valence-corrected chi connectivity index (χ0v) is 21.7. The third kappa shape index (κ3) is 6.75. The first-order chi connectivity index (χ1) is 18.9. The number of anilines is 1. The van der Waals surface area contributed by atoms with Gasteiger partial charge in [0.05, 0.1) is 5.56 Å². The van der Waals surface area contributed by atoms with Crippen molar-refractivity contribution in [2.24, 2.45) is 0 Å². The van der Waals surface area contributed by atoms with Crippen molar-refractivity contribution < 1.29 is 19.4 Å². The number of methoxy groups -OCH3 is 1. The monoisotopic (exact) mass is 519 g/mol. The van der Waals surface area contributed by atoms with Crippen molar-refractivity contribution in [1.82, 2.24) is 19.3 Å². The molecule has 2 heterocycles. The predicted molar refractivity (Wildman–Crippen MR) is 149 cm³/mol. The number of rotatable bonds is 8. The van der Waals surface area contributed by atoms with Gasteiger partial charge in [-0.3, -0.25) is 0 Å². The number of carbonyl (C=O) groups is 1. The molecule has 0 aliphatic carbocycles. The first-order valence-electron chi connectivity index (χ1n) is 12.2. The van der Waals surface area contributed by atoms with Gasteiger partial charge in [-0.05, 0) is 12.1 Å². The average Bonchev–Trinajstić information content (AvgIpc) is 3.28. The van der Waals surface area contributed by atoms with Crippen molar-refractivity contribution in [1.29, 1.82) is 0 Å². The Morgan fingerprint density at radius 3 is 2.46 bits per heavy atom. The number of nitrogen functional groups attached to an aromatic ring is 1. The Hall–Kier alpha value is -4.36. The summed E-state index contributed by atoms with van der Waals surface area (Å²) in [5.41, 5.74) is 10.6. The van der Waals surface area contributed by atoms with Crippen LogP contribution in [0.3, 0.4) is 0 Å². The van der Waals surface area contributed by atoms with E-state index in [9.17, 15) is 9.59 Å². The number of hydrogen-bond donors (Lipinski definition) is 2. The first kappa shape index (κ1) is 27.7. The molecule has 0 unspecified atom stereocenters. The van der Waals surface area contributed by atoms with Gasteiger partial charge in [-0.1, -0.05) is 24.3 Å². The summed E-state index contributed by atoms with van der Waals surface area (Å²) >= 11 is 1.88. The number of carboxylic acids is 1. The van der Waals surface area contributed by atoms with Crippen molar-refractivity contribution in [2.75, 3.05) is 19.6 Å². The molecule has 0 bridgehead atoms. The summed E-state index contributed by atoms with van der Waals surface area (Å²) in [6, 6.07) is 25.2. The molecule has 0 atom stereocenters. The summed E-state index contributed by atoms with van der Waals surface area (Å²) in [7, 11) is 1.57. The molecule has 5 rings (SSSR count). The van der Waals surface area contributed by atoms with Crippen LogP contribution in [0.5, 0.6) is 5.75 Å². The number of imidazole rings is 1. The normalized spacial score (nSPS) is 10.6. The summed E-state index contributed by atoms with van der Waals surface area (Å²) in [5, 5.41) is 13.3. The van der Waals surface area contributed by atoms with Crippen molar-refractivity contribution >= 4 is 40.7 Å². The van der Waals surface area contributed by atoms with E-state index < -0.39 is 5.97 Å². The quantitative estimate of drug-likeness (QED) is 0.235. The molecule has 5 aromatic rings. The molecule has 10 nitrogen and oxygen atoms in total. The summed E-state index contributed by atoms with van der Waals surface area (Å²) in [6.45, 7) is 0.649. The van der Waals surface area contributed by atoms with E-state index in [1.165, 1.54) is 10.7 Å². The molecule has 0 saturated carbocycles. The van der Waals surface area contributed by atoms with Gasteiger partial charge in [-0.15, -0.1) is 0 Å². The molecule has 194 valence electrons. The van der Waals surface area contributed by atoms with Crippen LogP contribution in [0.1, 0.15) is 15.9 Å². The van der Waals surface area contributed by atoms with E-state index in [1.54, 1.807) is 43.5 Å². The first-order valence-corrected chi connectivity index (χ1v) is 12.2. The molecule has 0 radical (unpaired) electrons. The van der Waals surface area contributed by atoms with Crippen LogP contribution in [-0.2, 0) is 16.5 Å². The van der Waals surface area contributed by atoms with Crippen LogP contribution in [0.2, 0.25) is 0 Å². The Morgan fingerprint density at radius 2 is 1.77 bits per heavy atom. The predicted octanol–water partition coefficient (Wildman–Crippen LogP) is 3.38. The number of aromatic carboxylic acids is 1. The zero-order valence-electron chi connectivity index (χ0n) is 21.7. The third-order valence-electron chi connectivity index (χ3n) is 5.86. The maximum atomic E-state index is 12.0. The van der Waals surface area contributed by atoms with Gasteiger partial charge in [-0.25, -0.2) is 4.79 Å². The van der Waals surface area contributed by atoms with Gasteiger partial charge in [-0.2, -0.15) is 0 Å². The van der Waals surface area contributed by atoms with E-state index in [2.05, 4.69) is 10.1 Å². The van der Waals surface area contributed by atoms with Crippen LogP contribution in [0.15, 0.2) is 89.7 Å². The van der Waals surface area contributed by atoms with Crippen LogP contribution in [0.25, 0.3) is 22.3 Å². The van der Waals surface area contributed by atoms with E-state index in [1.807, 2.05) is 64.7 Å². The van der Waals surface area contributed by atoms with Crippen LogP contribution in [-0.4, -0.2) is 62.0 Å². The second-order valence-corrected chi connectivity index (χ2v) is 8.47. The second kappa shape index (κ2) is 12.9. The molecule has 3 N–H and O–H groups in total. The number of aromatic nitrogens is 4.